The Morgan fingerprint density at radius 3 is 2.69 bits per heavy atom. The van der Waals surface area contributed by atoms with Crippen molar-refractivity contribution in [1.29, 1.82) is 5.26 Å². The van der Waals surface area contributed by atoms with Gasteiger partial charge in [-0.05, 0) is 51.7 Å². The highest BCUT2D eigenvalue weighted by molar-refractivity contribution is 4.87. The van der Waals surface area contributed by atoms with Gasteiger partial charge in [-0.3, -0.25) is 0 Å². The van der Waals surface area contributed by atoms with Crippen LogP contribution in [0.2, 0.25) is 0 Å². The molecule has 0 bridgehead atoms. The summed E-state index contributed by atoms with van der Waals surface area (Å²) in [5.41, 5.74) is 5.55. The van der Waals surface area contributed by atoms with Crippen molar-refractivity contribution in [3.8, 4) is 6.07 Å². The lowest BCUT2D eigenvalue weighted by molar-refractivity contribution is 0.209. The van der Waals surface area contributed by atoms with E-state index in [4.69, 9.17) is 11.0 Å². The average molecular weight is 181 g/mol. The second-order valence-corrected chi connectivity index (χ2v) is 4.06. The predicted octanol–water partition coefficient (Wildman–Crippen LogP) is 0.959. The van der Waals surface area contributed by atoms with Gasteiger partial charge in [0.05, 0.1) is 12.1 Å². The van der Waals surface area contributed by atoms with Crippen molar-refractivity contribution in [3.63, 3.8) is 0 Å². The van der Waals surface area contributed by atoms with E-state index in [1.165, 1.54) is 25.9 Å². The van der Waals surface area contributed by atoms with Gasteiger partial charge in [0.2, 0.25) is 0 Å². The average Bonchev–Trinajstić information content (AvgIpc) is 2.16. The molecule has 13 heavy (non-hydrogen) atoms. The summed E-state index contributed by atoms with van der Waals surface area (Å²) in [6, 6.07) is 1.83. The van der Waals surface area contributed by atoms with Gasteiger partial charge >= 0.3 is 0 Å². The highest BCUT2D eigenvalue weighted by Crippen LogP contribution is 2.21. The van der Waals surface area contributed by atoms with Crippen molar-refractivity contribution >= 4 is 0 Å². The van der Waals surface area contributed by atoms with Crippen LogP contribution in [0, 0.1) is 17.2 Å². The van der Waals surface area contributed by atoms with Crippen LogP contribution >= 0.6 is 0 Å². The zero-order valence-electron chi connectivity index (χ0n) is 8.37. The van der Waals surface area contributed by atoms with Gasteiger partial charge in [-0.15, -0.1) is 0 Å². The Morgan fingerprint density at radius 2 is 2.15 bits per heavy atom. The molecule has 0 spiro atoms. The molecule has 2 N–H and O–H groups in total. The molecule has 1 aliphatic rings. The van der Waals surface area contributed by atoms with E-state index in [-0.39, 0.29) is 6.04 Å². The number of hydrogen-bond acceptors (Lipinski definition) is 3. The molecule has 0 aromatic carbocycles. The topological polar surface area (TPSA) is 53.0 Å². The molecule has 0 saturated carbocycles. The molecule has 0 aliphatic carbocycles. The lowest BCUT2D eigenvalue weighted by Gasteiger charge is -2.29. The minimum absolute atomic E-state index is 0.250. The number of nitriles is 1. The van der Waals surface area contributed by atoms with Gasteiger partial charge in [-0.25, -0.2) is 0 Å². The molecule has 1 heterocycles. The fraction of sp³-hybridized carbons (Fsp3) is 0.900. The number of nitrogens with zero attached hydrogens (tertiary/aromatic N) is 2. The van der Waals surface area contributed by atoms with Gasteiger partial charge in [0, 0.05) is 0 Å². The predicted molar refractivity (Wildman–Crippen MR) is 53.0 cm³/mol. The van der Waals surface area contributed by atoms with Gasteiger partial charge in [-0.2, -0.15) is 5.26 Å². The monoisotopic (exact) mass is 181 g/mol. The van der Waals surface area contributed by atoms with Crippen LogP contribution in [0.3, 0.4) is 0 Å². The Labute approximate surface area is 80.5 Å². The number of piperidine rings is 1. The van der Waals surface area contributed by atoms with Crippen molar-refractivity contribution in [2.45, 2.75) is 31.7 Å². The highest BCUT2D eigenvalue weighted by atomic mass is 15.1. The maximum absolute atomic E-state index is 8.52. The van der Waals surface area contributed by atoms with E-state index in [1.807, 2.05) is 0 Å². The lowest BCUT2D eigenvalue weighted by Crippen LogP contribution is -2.31. The van der Waals surface area contributed by atoms with Gasteiger partial charge in [0.25, 0.3) is 0 Å². The summed E-state index contributed by atoms with van der Waals surface area (Å²) < 4.78 is 0. The molecule has 1 fully saturated rings. The summed E-state index contributed by atoms with van der Waals surface area (Å²) in [5, 5.41) is 8.52. The number of nitrogens with two attached hydrogens (primary N) is 1. The minimum atomic E-state index is -0.250. The number of likely N-dealkylation sites (tertiary alicyclic amines) is 1. The van der Waals surface area contributed by atoms with Crippen molar-refractivity contribution in [3.05, 3.63) is 0 Å². The summed E-state index contributed by atoms with van der Waals surface area (Å²) in [5.74, 6) is 0.801. The fourth-order valence-electron chi connectivity index (χ4n) is 1.83. The minimum Gasteiger partial charge on any atom is -0.316 e. The summed E-state index contributed by atoms with van der Waals surface area (Å²) in [7, 11) is 2.16. The Bertz CT molecular complexity index is 177. The molecule has 0 aromatic rings. The summed E-state index contributed by atoms with van der Waals surface area (Å²) >= 11 is 0. The Kier molecular flexibility index (Phi) is 4.20. The Morgan fingerprint density at radius 1 is 1.54 bits per heavy atom. The van der Waals surface area contributed by atoms with E-state index < -0.39 is 0 Å². The van der Waals surface area contributed by atoms with Crippen molar-refractivity contribution in [2.24, 2.45) is 11.7 Å². The zero-order valence-corrected chi connectivity index (χ0v) is 8.37. The first-order valence-corrected chi connectivity index (χ1v) is 5.06. The molecule has 3 heteroatoms. The first-order chi connectivity index (χ1) is 6.22. The van der Waals surface area contributed by atoms with Crippen LogP contribution in [0.25, 0.3) is 0 Å². The molecular weight excluding hydrogens is 162 g/mol. The molecule has 1 unspecified atom stereocenters. The fourth-order valence-corrected chi connectivity index (χ4v) is 1.83. The summed E-state index contributed by atoms with van der Waals surface area (Å²) in [6.07, 6.45) is 4.54. The van der Waals surface area contributed by atoms with E-state index in [9.17, 15) is 0 Å². The van der Waals surface area contributed by atoms with Crippen LogP contribution in [0.1, 0.15) is 25.7 Å². The van der Waals surface area contributed by atoms with E-state index in [0.717, 1.165) is 18.8 Å². The molecule has 0 amide bonds. The molecule has 1 atom stereocenters. The molecular formula is C10H19N3. The third-order valence-electron chi connectivity index (χ3n) is 2.89. The van der Waals surface area contributed by atoms with Gasteiger partial charge in [0.15, 0.2) is 0 Å². The smallest absolute Gasteiger partial charge is 0.0928 e. The maximum atomic E-state index is 8.52. The zero-order chi connectivity index (χ0) is 9.68. The standard InChI is InChI=1S/C10H19N3/c1-13-6-4-9(5-7-13)2-3-10(12)8-11/h9-10H,2-7,12H2,1H3. The first kappa shape index (κ1) is 10.5. The second kappa shape index (κ2) is 5.21. The molecule has 1 aliphatic heterocycles. The van der Waals surface area contributed by atoms with E-state index in [1.54, 1.807) is 0 Å². The van der Waals surface area contributed by atoms with Crippen molar-refractivity contribution < 1.29 is 0 Å². The van der Waals surface area contributed by atoms with Gasteiger partial charge in [-0.1, -0.05) is 0 Å². The highest BCUT2D eigenvalue weighted by Gasteiger charge is 2.16. The van der Waals surface area contributed by atoms with E-state index >= 15 is 0 Å². The van der Waals surface area contributed by atoms with Crippen LogP contribution in [0.15, 0.2) is 0 Å². The SMILES string of the molecule is CN1CCC(CCC(N)C#N)CC1. The lowest BCUT2D eigenvalue weighted by atomic mass is 9.91. The molecule has 0 radical (unpaired) electrons. The van der Waals surface area contributed by atoms with Crippen molar-refractivity contribution in [2.75, 3.05) is 20.1 Å². The second-order valence-electron chi connectivity index (χ2n) is 4.06. The van der Waals surface area contributed by atoms with Crippen LogP contribution in [-0.4, -0.2) is 31.1 Å². The summed E-state index contributed by atoms with van der Waals surface area (Å²) in [6.45, 7) is 2.40. The van der Waals surface area contributed by atoms with E-state index in [0.29, 0.717) is 0 Å². The largest absolute Gasteiger partial charge is 0.316 e. The normalized spacial score (nSPS) is 22.5. The van der Waals surface area contributed by atoms with Crippen LogP contribution < -0.4 is 5.73 Å². The number of rotatable bonds is 3. The first-order valence-electron chi connectivity index (χ1n) is 5.06. The molecule has 0 aromatic heterocycles. The third kappa shape index (κ3) is 3.75. The molecule has 1 rings (SSSR count). The Hall–Kier alpha value is -0.590. The Balaban J connectivity index is 2.13. The maximum Gasteiger partial charge on any atom is 0.0928 e. The van der Waals surface area contributed by atoms with Crippen LogP contribution in [0.4, 0.5) is 0 Å². The molecule has 74 valence electrons. The van der Waals surface area contributed by atoms with E-state index in [2.05, 4.69) is 18.0 Å². The number of hydrogen-bond donors (Lipinski definition) is 1. The van der Waals surface area contributed by atoms with Crippen LogP contribution in [0.5, 0.6) is 0 Å². The van der Waals surface area contributed by atoms with Crippen LogP contribution in [-0.2, 0) is 0 Å². The summed E-state index contributed by atoms with van der Waals surface area (Å²) in [4.78, 5) is 2.36. The molecule has 1 saturated heterocycles. The molecule has 3 nitrogen and oxygen atoms in total. The third-order valence-corrected chi connectivity index (χ3v) is 2.89. The quantitative estimate of drug-likeness (QED) is 0.705. The van der Waals surface area contributed by atoms with Gasteiger partial charge in [0.1, 0.15) is 0 Å². The van der Waals surface area contributed by atoms with Gasteiger partial charge < -0.3 is 10.6 Å². The van der Waals surface area contributed by atoms with Crippen molar-refractivity contribution in [1.82, 2.24) is 4.90 Å².